The minimum absolute atomic E-state index is 0.856. The number of hydrogen-bond donors (Lipinski definition) is 1. The lowest BCUT2D eigenvalue weighted by Gasteiger charge is -1.98. The molecule has 1 N–H and O–H groups in total. The van der Waals surface area contributed by atoms with E-state index < -0.39 is 0 Å². The molecule has 0 spiro atoms. The maximum Gasteiger partial charge on any atom is 0.107 e. The van der Waals surface area contributed by atoms with Gasteiger partial charge < -0.3 is 5.32 Å². The third-order valence-corrected chi connectivity index (χ3v) is 4.97. The first-order chi connectivity index (χ1) is 7.65. The van der Waals surface area contributed by atoms with E-state index in [4.69, 9.17) is 0 Å². The number of thiazole rings is 1. The van der Waals surface area contributed by atoms with Gasteiger partial charge in [0.05, 0.1) is 9.48 Å². The van der Waals surface area contributed by atoms with E-state index in [1.165, 1.54) is 18.5 Å². The molecule has 16 heavy (non-hydrogen) atoms. The molecule has 2 aromatic heterocycles. The van der Waals surface area contributed by atoms with Crippen molar-refractivity contribution in [1.29, 1.82) is 0 Å². The molecule has 86 valence electrons. The van der Waals surface area contributed by atoms with Crippen LogP contribution < -0.4 is 5.32 Å². The molecule has 0 radical (unpaired) electrons. The van der Waals surface area contributed by atoms with Crippen LogP contribution in [0.5, 0.6) is 0 Å². The highest BCUT2D eigenvalue weighted by Gasteiger charge is 2.03. The van der Waals surface area contributed by atoms with Crippen molar-refractivity contribution in [2.24, 2.45) is 0 Å². The standard InChI is InChI=1S/C11H13BrN2S2/c1-7-8(2)15-11(14-7)6-13-5-9-3-4-10(12)16-9/h3-4,13H,5-6H2,1-2H3. The van der Waals surface area contributed by atoms with Crippen molar-refractivity contribution >= 4 is 38.6 Å². The fourth-order valence-electron chi connectivity index (χ4n) is 1.35. The van der Waals surface area contributed by atoms with Crippen molar-refractivity contribution in [2.75, 3.05) is 0 Å². The Hall–Kier alpha value is -0.230. The van der Waals surface area contributed by atoms with Crippen molar-refractivity contribution in [3.8, 4) is 0 Å². The van der Waals surface area contributed by atoms with E-state index in [0.717, 1.165) is 18.8 Å². The first-order valence-electron chi connectivity index (χ1n) is 5.03. The number of hydrogen-bond acceptors (Lipinski definition) is 4. The minimum Gasteiger partial charge on any atom is -0.306 e. The van der Waals surface area contributed by atoms with Crippen molar-refractivity contribution in [3.05, 3.63) is 36.4 Å². The van der Waals surface area contributed by atoms with Gasteiger partial charge in [-0.05, 0) is 41.9 Å². The molecule has 2 aromatic rings. The lowest BCUT2D eigenvalue weighted by atomic mass is 10.4. The maximum absolute atomic E-state index is 4.50. The Bertz CT molecular complexity index is 457. The summed E-state index contributed by atoms with van der Waals surface area (Å²) in [7, 11) is 0. The van der Waals surface area contributed by atoms with Crippen LogP contribution in [-0.4, -0.2) is 4.98 Å². The number of nitrogens with one attached hydrogen (secondary N) is 1. The van der Waals surface area contributed by atoms with Crippen LogP contribution >= 0.6 is 38.6 Å². The molecular formula is C11H13BrN2S2. The summed E-state index contributed by atoms with van der Waals surface area (Å²) < 4.78 is 1.19. The first-order valence-corrected chi connectivity index (χ1v) is 7.45. The van der Waals surface area contributed by atoms with E-state index in [0.29, 0.717) is 0 Å². The van der Waals surface area contributed by atoms with Gasteiger partial charge in [0.1, 0.15) is 5.01 Å². The zero-order valence-electron chi connectivity index (χ0n) is 9.21. The van der Waals surface area contributed by atoms with Gasteiger partial charge in [0.15, 0.2) is 0 Å². The lowest BCUT2D eigenvalue weighted by Crippen LogP contribution is -2.11. The molecular weight excluding hydrogens is 304 g/mol. The summed E-state index contributed by atoms with van der Waals surface area (Å²) in [5.74, 6) is 0. The molecule has 2 heterocycles. The lowest BCUT2D eigenvalue weighted by molar-refractivity contribution is 0.696. The molecule has 0 unspecified atom stereocenters. The van der Waals surface area contributed by atoms with Crippen LogP contribution in [0.4, 0.5) is 0 Å². The van der Waals surface area contributed by atoms with Gasteiger partial charge in [-0.25, -0.2) is 4.98 Å². The number of nitrogens with zero attached hydrogens (tertiary/aromatic N) is 1. The van der Waals surface area contributed by atoms with Gasteiger partial charge in [0.25, 0.3) is 0 Å². The highest BCUT2D eigenvalue weighted by molar-refractivity contribution is 9.11. The molecule has 0 bridgehead atoms. The molecule has 0 saturated carbocycles. The van der Waals surface area contributed by atoms with E-state index in [-0.39, 0.29) is 0 Å². The van der Waals surface area contributed by atoms with E-state index >= 15 is 0 Å². The first kappa shape index (κ1) is 12.2. The van der Waals surface area contributed by atoms with E-state index in [1.807, 2.05) is 0 Å². The Morgan fingerprint density at radius 3 is 2.62 bits per heavy atom. The Balaban J connectivity index is 1.84. The Kier molecular flexibility index (Phi) is 4.13. The molecule has 5 heteroatoms. The summed E-state index contributed by atoms with van der Waals surface area (Å²) >= 11 is 7.01. The van der Waals surface area contributed by atoms with Crippen molar-refractivity contribution in [3.63, 3.8) is 0 Å². The molecule has 0 fully saturated rings. The molecule has 0 atom stereocenters. The van der Waals surface area contributed by atoms with E-state index in [9.17, 15) is 0 Å². The maximum atomic E-state index is 4.50. The van der Waals surface area contributed by atoms with Gasteiger partial charge in [-0.2, -0.15) is 0 Å². The summed E-state index contributed by atoms with van der Waals surface area (Å²) in [6, 6.07) is 4.22. The molecule has 2 nitrogen and oxygen atoms in total. The minimum atomic E-state index is 0.856. The number of thiophene rings is 1. The average molecular weight is 317 g/mol. The molecule has 0 aliphatic carbocycles. The van der Waals surface area contributed by atoms with Crippen LogP contribution in [0.1, 0.15) is 20.5 Å². The zero-order chi connectivity index (χ0) is 11.5. The SMILES string of the molecule is Cc1nc(CNCc2ccc(Br)s2)sc1C. The highest BCUT2D eigenvalue weighted by Crippen LogP contribution is 2.22. The number of aryl methyl sites for hydroxylation is 2. The van der Waals surface area contributed by atoms with Gasteiger partial charge in [-0.3, -0.25) is 0 Å². The molecule has 0 aliphatic heterocycles. The monoisotopic (exact) mass is 316 g/mol. The summed E-state index contributed by atoms with van der Waals surface area (Å²) in [5.41, 5.74) is 1.15. The highest BCUT2D eigenvalue weighted by atomic mass is 79.9. The summed E-state index contributed by atoms with van der Waals surface area (Å²) in [6.07, 6.45) is 0. The molecule has 0 amide bonds. The molecule has 2 rings (SSSR count). The second kappa shape index (κ2) is 5.40. The van der Waals surface area contributed by atoms with Gasteiger partial charge in [0.2, 0.25) is 0 Å². The largest absolute Gasteiger partial charge is 0.306 e. The second-order valence-corrected chi connectivity index (χ2v) is 7.39. The van der Waals surface area contributed by atoms with Crippen LogP contribution in [0.2, 0.25) is 0 Å². The smallest absolute Gasteiger partial charge is 0.107 e. The quantitative estimate of drug-likeness (QED) is 0.926. The molecule has 0 aromatic carbocycles. The Morgan fingerprint density at radius 2 is 2.06 bits per heavy atom. The Morgan fingerprint density at radius 1 is 1.25 bits per heavy atom. The fraction of sp³-hybridized carbons (Fsp3) is 0.364. The van der Waals surface area contributed by atoms with Crippen molar-refractivity contribution in [1.82, 2.24) is 10.3 Å². The van der Waals surface area contributed by atoms with Gasteiger partial charge in [-0.15, -0.1) is 22.7 Å². The van der Waals surface area contributed by atoms with Crippen LogP contribution in [0, 0.1) is 13.8 Å². The average Bonchev–Trinajstić information content (AvgIpc) is 2.75. The van der Waals surface area contributed by atoms with Crippen molar-refractivity contribution < 1.29 is 0 Å². The third-order valence-electron chi connectivity index (χ3n) is 2.28. The van der Waals surface area contributed by atoms with E-state index in [2.05, 4.69) is 52.2 Å². The van der Waals surface area contributed by atoms with Crippen LogP contribution in [0.25, 0.3) is 0 Å². The van der Waals surface area contributed by atoms with Crippen LogP contribution in [0.3, 0.4) is 0 Å². The van der Waals surface area contributed by atoms with Crippen LogP contribution in [-0.2, 0) is 13.1 Å². The van der Waals surface area contributed by atoms with Crippen molar-refractivity contribution in [2.45, 2.75) is 26.9 Å². The Labute approximate surface area is 112 Å². The van der Waals surface area contributed by atoms with Gasteiger partial charge in [0, 0.05) is 22.8 Å². The molecule has 0 saturated heterocycles. The topological polar surface area (TPSA) is 24.9 Å². The summed E-state index contributed by atoms with van der Waals surface area (Å²) in [6.45, 7) is 5.95. The normalized spacial score (nSPS) is 10.9. The fourth-order valence-corrected chi connectivity index (χ4v) is 3.71. The predicted octanol–water partition coefficient (Wildman–Crippen LogP) is 3.87. The summed E-state index contributed by atoms with van der Waals surface area (Å²) in [4.78, 5) is 7.16. The third kappa shape index (κ3) is 3.13. The summed E-state index contributed by atoms with van der Waals surface area (Å²) in [5, 5.41) is 4.58. The molecule has 0 aliphatic rings. The van der Waals surface area contributed by atoms with E-state index in [1.54, 1.807) is 22.7 Å². The number of rotatable bonds is 4. The predicted molar refractivity (Wildman–Crippen MR) is 74.2 cm³/mol. The number of halogens is 1. The number of aromatic nitrogens is 1. The van der Waals surface area contributed by atoms with Crippen LogP contribution in [0.15, 0.2) is 15.9 Å². The van der Waals surface area contributed by atoms with Gasteiger partial charge >= 0.3 is 0 Å². The second-order valence-electron chi connectivity index (χ2n) is 3.56. The van der Waals surface area contributed by atoms with Gasteiger partial charge in [-0.1, -0.05) is 0 Å². The zero-order valence-corrected chi connectivity index (χ0v) is 12.4.